The quantitative estimate of drug-likeness (QED) is 0.0582. The molecule has 2 aliphatic heterocycles. The van der Waals surface area contributed by atoms with Crippen molar-refractivity contribution in [2.24, 2.45) is 0 Å². The average molecular weight is 771 g/mol. The van der Waals surface area contributed by atoms with E-state index in [0.29, 0.717) is 24.5 Å². The fourth-order valence-corrected chi connectivity index (χ4v) is 7.05. The third kappa shape index (κ3) is 9.15. The minimum atomic E-state index is -1.09. The van der Waals surface area contributed by atoms with Crippen molar-refractivity contribution in [3.63, 3.8) is 0 Å². The Labute approximate surface area is 328 Å². The number of aromatic amines is 1. The first-order valence-electron chi connectivity index (χ1n) is 19.0. The van der Waals surface area contributed by atoms with Gasteiger partial charge in [0.15, 0.2) is 6.61 Å². The van der Waals surface area contributed by atoms with Crippen molar-refractivity contribution in [3.05, 3.63) is 96.4 Å². The smallest absolute Gasteiger partial charge is 0.266 e. The van der Waals surface area contributed by atoms with Crippen LogP contribution in [-0.4, -0.2) is 74.5 Å². The molecule has 0 aliphatic carbocycles. The molecule has 15 heteroatoms. The maximum atomic E-state index is 13.2. The zero-order chi connectivity index (χ0) is 39.7. The standard InChI is InChI=1S/C42H42N8O7/c51-36(48-27-12-9-11-26(21-27)47-35-22-32(45-25-46-35)30-23-44-31-15-7-6-13-28(30)31)17-5-3-1-2-4-8-20-43-38(53)24-57-34-16-10-14-29-39(34)42(56)50(41(29)55)33-18-19-37(52)49-40(33)54/h6-7,9-16,21-23,25,33,44H,1-5,8,17-20,24H2,(H,43,53)(H,48,51)(H,45,46,47)(H,49,52,54). The molecule has 4 heterocycles. The molecule has 7 rings (SSSR count). The number of ether oxygens (including phenoxy) is 1. The summed E-state index contributed by atoms with van der Waals surface area (Å²) in [4.78, 5) is 88.2. The molecule has 2 aliphatic rings. The van der Waals surface area contributed by atoms with Gasteiger partial charge in [0, 0.05) is 59.5 Å². The summed E-state index contributed by atoms with van der Waals surface area (Å²) in [6.45, 7) is 0.100. The number of hydrogen-bond acceptors (Lipinski definition) is 10. The molecule has 0 radical (unpaired) electrons. The number of piperidine rings is 1. The molecule has 292 valence electrons. The van der Waals surface area contributed by atoms with E-state index in [9.17, 15) is 28.8 Å². The van der Waals surface area contributed by atoms with E-state index >= 15 is 0 Å². The van der Waals surface area contributed by atoms with Crippen LogP contribution in [0.3, 0.4) is 0 Å². The van der Waals surface area contributed by atoms with Crippen molar-refractivity contribution in [1.82, 2.24) is 30.5 Å². The lowest BCUT2D eigenvalue weighted by molar-refractivity contribution is -0.136. The Hall–Kier alpha value is -6.90. The van der Waals surface area contributed by atoms with Gasteiger partial charge in [-0.1, -0.05) is 56.0 Å². The number of H-pyrrole nitrogens is 1. The van der Waals surface area contributed by atoms with Crippen molar-refractivity contribution in [2.75, 3.05) is 23.8 Å². The molecular formula is C42H42N8O7. The molecule has 2 aromatic heterocycles. The van der Waals surface area contributed by atoms with Crippen LogP contribution in [0, 0.1) is 0 Å². The number of imide groups is 2. The summed E-state index contributed by atoms with van der Waals surface area (Å²) < 4.78 is 5.64. The van der Waals surface area contributed by atoms with Gasteiger partial charge in [0.05, 0.1) is 16.8 Å². The first-order valence-corrected chi connectivity index (χ1v) is 19.0. The number of hydrogen-bond donors (Lipinski definition) is 5. The van der Waals surface area contributed by atoms with Gasteiger partial charge in [-0.05, 0) is 55.7 Å². The van der Waals surface area contributed by atoms with Gasteiger partial charge in [0.25, 0.3) is 17.7 Å². The van der Waals surface area contributed by atoms with E-state index in [1.165, 1.54) is 18.5 Å². The van der Waals surface area contributed by atoms with Crippen LogP contribution in [0.5, 0.6) is 5.75 Å². The van der Waals surface area contributed by atoms with Crippen LogP contribution in [0.15, 0.2) is 85.3 Å². The third-order valence-electron chi connectivity index (χ3n) is 9.89. The highest BCUT2D eigenvalue weighted by Gasteiger charge is 2.46. The molecule has 0 saturated carbocycles. The molecule has 3 aromatic carbocycles. The predicted octanol–water partition coefficient (Wildman–Crippen LogP) is 5.63. The van der Waals surface area contributed by atoms with Crippen molar-refractivity contribution < 1.29 is 33.5 Å². The molecule has 5 N–H and O–H groups in total. The van der Waals surface area contributed by atoms with Crippen LogP contribution in [0.1, 0.15) is 78.5 Å². The van der Waals surface area contributed by atoms with Crippen molar-refractivity contribution in [1.29, 1.82) is 0 Å². The molecule has 0 bridgehead atoms. The number of benzene rings is 3. The molecule has 57 heavy (non-hydrogen) atoms. The Morgan fingerprint density at radius 2 is 1.60 bits per heavy atom. The highest BCUT2D eigenvalue weighted by molar-refractivity contribution is 6.24. The summed E-state index contributed by atoms with van der Waals surface area (Å²) in [6, 6.07) is 20.8. The number of carbonyl (C=O) groups is 6. The number of amides is 6. The van der Waals surface area contributed by atoms with Gasteiger partial charge in [-0.25, -0.2) is 9.97 Å². The predicted molar refractivity (Wildman–Crippen MR) is 212 cm³/mol. The highest BCUT2D eigenvalue weighted by atomic mass is 16.5. The van der Waals surface area contributed by atoms with Crippen LogP contribution in [0.4, 0.5) is 17.2 Å². The number of anilines is 3. The number of unbranched alkanes of at least 4 members (excludes halogenated alkanes) is 5. The Balaban J connectivity index is 0.763. The summed E-state index contributed by atoms with van der Waals surface area (Å²) in [6.07, 6.45) is 9.20. The minimum Gasteiger partial charge on any atom is -0.483 e. The topological polar surface area (TPSA) is 205 Å². The molecular weight excluding hydrogens is 729 g/mol. The Morgan fingerprint density at radius 1 is 0.807 bits per heavy atom. The summed E-state index contributed by atoms with van der Waals surface area (Å²) in [7, 11) is 0. The molecule has 1 saturated heterocycles. The Kier molecular flexibility index (Phi) is 11.9. The first kappa shape index (κ1) is 38.4. The number of nitrogens with zero attached hydrogens (tertiary/aromatic N) is 3. The van der Waals surface area contributed by atoms with E-state index in [1.807, 2.05) is 60.8 Å². The van der Waals surface area contributed by atoms with Crippen LogP contribution < -0.4 is 26.0 Å². The van der Waals surface area contributed by atoms with E-state index < -0.39 is 29.7 Å². The van der Waals surface area contributed by atoms with Gasteiger partial charge < -0.3 is 25.7 Å². The summed E-state index contributed by atoms with van der Waals surface area (Å²) >= 11 is 0. The van der Waals surface area contributed by atoms with Gasteiger partial charge in [0.1, 0.15) is 23.9 Å². The Bertz CT molecular complexity index is 2340. The summed E-state index contributed by atoms with van der Waals surface area (Å²) in [5, 5.41) is 12.3. The van der Waals surface area contributed by atoms with Crippen molar-refractivity contribution in [2.45, 2.75) is 63.8 Å². The second-order valence-corrected chi connectivity index (χ2v) is 13.9. The van der Waals surface area contributed by atoms with Gasteiger partial charge in [-0.15, -0.1) is 0 Å². The second-order valence-electron chi connectivity index (χ2n) is 13.9. The minimum absolute atomic E-state index is 0.00416. The fourth-order valence-electron chi connectivity index (χ4n) is 7.05. The highest BCUT2D eigenvalue weighted by Crippen LogP contribution is 2.34. The zero-order valence-corrected chi connectivity index (χ0v) is 31.1. The molecule has 6 amide bonds. The molecule has 1 atom stereocenters. The fraction of sp³-hybridized carbons (Fsp3) is 0.286. The van der Waals surface area contributed by atoms with Crippen molar-refractivity contribution >= 4 is 63.5 Å². The maximum Gasteiger partial charge on any atom is 0.266 e. The van der Waals surface area contributed by atoms with Crippen LogP contribution >= 0.6 is 0 Å². The number of rotatable bonds is 17. The lowest BCUT2D eigenvalue weighted by Crippen LogP contribution is -2.54. The van der Waals surface area contributed by atoms with Crippen molar-refractivity contribution in [3.8, 4) is 17.0 Å². The average Bonchev–Trinajstić information content (AvgIpc) is 3.75. The van der Waals surface area contributed by atoms with Gasteiger partial charge in [-0.2, -0.15) is 0 Å². The molecule has 0 spiro atoms. The monoisotopic (exact) mass is 770 g/mol. The lowest BCUT2D eigenvalue weighted by Gasteiger charge is -2.27. The van der Waals surface area contributed by atoms with Gasteiger partial charge >= 0.3 is 0 Å². The number of aromatic nitrogens is 3. The molecule has 15 nitrogen and oxygen atoms in total. The second kappa shape index (κ2) is 17.7. The van der Waals surface area contributed by atoms with Crippen LogP contribution in [-0.2, 0) is 19.2 Å². The number of nitrogens with one attached hydrogen (secondary N) is 5. The third-order valence-corrected chi connectivity index (χ3v) is 9.89. The van der Waals surface area contributed by atoms with E-state index in [1.54, 1.807) is 6.07 Å². The molecule has 1 fully saturated rings. The summed E-state index contributed by atoms with van der Waals surface area (Å²) in [5.74, 6) is -2.21. The van der Waals surface area contributed by atoms with Crippen LogP contribution in [0.2, 0.25) is 0 Å². The van der Waals surface area contributed by atoms with E-state index in [0.717, 1.165) is 71.3 Å². The van der Waals surface area contributed by atoms with E-state index in [2.05, 4.69) is 36.2 Å². The first-order chi connectivity index (χ1) is 27.7. The lowest BCUT2D eigenvalue weighted by atomic mass is 10.0. The van der Waals surface area contributed by atoms with E-state index in [-0.39, 0.29) is 48.1 Å². The van der Waals surface area contributed by atoms with E-state index in [4.69, 9.17) is 4.74 Å². The number of fused-ring (bicyclic) bond motifs is 2. The maximum absolute atomic E-state index is 13.2. The normalized spacial score (nSPS) is 15.0. The molecule has 5 aromatic rings. The number of para-hydroxylation sites is 1. The van der Waals surface area contributed by atoms with Crippen LogP contribution in [0.25, 0.3) is 22.2 Å². The molecule has 1 unspecified atom stereocenters. The largest absolute Gasteiger partial charge is 0.483 e. The van der Waals surface area contributed by atoms with Gasteiger partial charge in [-0.3, -0.25) is 39.0 Å². The SMILES string of the molecule is O=C(COc1cccc2c1C(=O)N(C1CCC(=O)NC1=O)C2=O)NCCCCCCCCC(=O)Nc1cccc(Nc2cc(-c3c[nH]c4ccccc34)ncn2)c1. The number of carbonyl (C=O) groups excluding carboxylic acids is 6. The Morgan fingerprint density at radius 3 is 2.46 bits per heavy atom. The van der Waals surface area contributed by atoms with Gasteiger partial charge in [0.2, 0.25) is 17.7 Å². The zero-order valence-electron chi connectivity index (χ0n) is 31.1. The summed E-state index contributed by atoms with van der Waals surface area (Å²) in [5.41, 5.74) is 4.37.